The Labute approximate surface area is 175 Å². The van der Waals surface area contributed by atoms with Crippen LogP contribution in [0.5, 0.6) is 0 Å². The van der Waals surface area contributed by atoms with Crippen LogP contribution in [0.15, 0.2) is 54.6 Å². The van der Waals surface area contributed by atoms with Crippen molar-refractivity contribution in [3.8, 4) is 17.3 Å². The first kappa shape index (κ1) is 21.2. The Hall–Kier alpha value is -3.50. The summed E-state index contributed by atoms with van der Waals surface area (Å²) >= 11 is 0. The second kappa shape index (κ2) is 10.3. The van der Waals surface area contributed by atoms with E-state index >= 15 is 0 Å². The summed E-state index contributed by atoms with van der Waals surface area (Å²) < 4.78 is 13.0. The fourth-order valence-corrected chi connectivity index (χ4v) is 3.05. The number of benzene rings is 2. The van der Waals surface area contributed by atoms with Crippen molar-refractivity contribution >= 4 is 11.6 Å². The highest BCUT2D eigenvalue weighted by Gasteiger charge is 2.07. The molecular formula is C23H24FN5O. The van der Waals surface area contributed by atoms with Gasteiger partial charge in [-0.2, -0.15) is 10.4 Å². The molecule has 7 heteroatoms. The summed E-state index contributed by atoms with van der Waals surface area (Å²) in [4.78, 5) is 14.2. The molecule has 154 valence electrons. The molecule has 0 saturated carbocycles. The van der Waals surface area contributed by atoms with Crippen molar-refractivity contribution in [2.75, 3.05) is 25.5 Å². The largest absolute Gasteiger partial charge is 0.326 e. The molecule has 0 atom stereocenters. The summed E-state index contributed by atoms with van der Waals surface area (Å²) in [5, 5.41) is 19.0. The van der Waals surface area contributed by atoms with Crippen LogP contribution in [0.1, 0.15) is 24.1 Å². The van der Waals surface area contributed by atoms with E-state index in [1.54, 1.807) is 36.4 Å². The predicted octanol–water partition coefficient (Wildman–Crippen LogP) is 3.98. The van der Waals surface area contributed by atoms with E-state index in [1.807, 2.05) is 13.1 Å². The Kier molecular flexibility index (Phi) is 7.30. The maximum absolute atomic E-state index is 13.0. The van der Waals surface area contributed by atoms with Gasteiger partial charge in [-0.05, 0) is 81.0 Å². The molecule has 6 nitrogen and oxygen atoms in total. The third-order valence-corrected chi connectivity index (χ3v) is 4.78. The van der Waals surface area contributed by atoms with Crippen molar-refractivity contribution < 1.29 is 9.18 Å². The number of nitrogens with one attached hydrogen (secondary N) is 2. The molecule has 1 aromatic heterocycles. The maximum Gasteiger partial charge on any atom is 0.225 e. The molecule has 0 saturated heterocycles. The number of nitriles is 1. The van der Waals surface area contributed by atoms with E-state index in [2.05, 4.69) is 26.5 Å². The van der Waals surface area contributed by atoms with Gasteiger partial charge >= 0.3 is 0 Å². The van der Waals surface area contributed by atoms with Gasteiger partial charge in [0.25, 0.3) is 0 Å². The highest BCUT2D eigenvalue weighted by molar-refractivity contribution is 5.90. The maximum atomic E-state index is 13.0. The van der Waals surface area contributed by atoms with Crippen LogP contribution in [0.4, 0.5) is 10.1 Å². The summed E-state index contributed by atoms with van der Waals surface area (Å²) in [6.07, 6.45) is 2.17. The van der Waals surface area contributed by atoms with E-state index < -0.39 is 0 Å². The molecule has 0 fully saturated rings. The van der Waals surface area contributed by atoms with Gasteiger partial charge in [-0.15, -0.1) is 0 Å². The van der Waals surface area contributed by atoms with Crippen molar-refractivity contribution in [2.24, 2.45) is 0 Å². The lowest BCUT2D eigenvalue weighted by Crippen LogP contribution is -2.25. The standard InChI is InChI=1S/C23H24FN5O/c1-29(14-12-23(30)26-20-10-4-17(16-25)5-11-20)13-2-3-21-15-22(28-27-21)18-6-8-19(24)9-7-18/h4-11,15H,2-3,12-14H2,1H3,(H,26,30)(H,27,28). The molecule has 3 aromatic rings. The number of carbonyl (C=O) groups excluding carboxylic acids is 1. The van der Waals surface area contributed by atoms with Gasteiger partial charge in [0.05, 0.1) is 17.3 Å². The Bertz CT molecular complexity index is 1010. The Balaban J connectivity index is 1.36. The third kappa shape index (κ3) is 6.26. The van der Waals surface area contributed by atoms with Crippen molar-refractivity contribution in [1.29, 1.82) is 5.26 Å². The average Bonchev–Trinajstić information content (AvgIpc) is 3.22. The van der Waals surface area contributed by atoms with E-state index in [4.69, 9.17) is 5.26 Å². The third-order valence-electron chi connectivity index (χ3n) is 4.78. The van der Waals surface area contributed by atoms with Gasteiger partial charge in [0, 0.05) is 29.9 Å². The zero-order chi connectivity index (χ0) is 21.3. The number of aromatic amines is 1. The summed E-state index contributed by atoms with van der Waals surface area (Å²) in [7, 11) is 1.99. The molecule has 1 amide bonds. The summed E-state index contributed by atoms with van der Waals surface area (Å²) in [5.41, 5.74) is 3.97. The monoisotopic (exact) mass is 405 g/mol. The first-order valence-corrected chi connectivity index (χ1v) is 9.82. The van der Waals surface area contributed by atoms with Crippen LogP contribution in [0.3, 0.4) is 0 Å². The van der Waals surface area contributed by atoms with E-state index in [-0.39, 0.29) is 11.7 Å². The molecule has 2 aromatic carbocycles. The number of H-pyrrole nitrogens is 1. The van der Waals surface area contributed by atoms with Crippen LogP contribution in [0, 0.1) is 17.1 Å². The summed E-state index contributed by atoms with van der Waals surface area (Å²) in [5.74, 6) is -0.313. The minimum atomic E-state index is -0.261. The summed E-state index contributed by atoms with van der Waals surface area (Å²) in [6, 6.07) is 17.1. The number of halogens is 1. The van der Waals surface area contributed by atoms with E-state index in [1.165, 1.54) is 12.1 Å². The lowest BCUT2D eigenvalue weighted by molar-refractivity contribution is -0.116. The quantitative estimate of drug-likeness (QED) is 0.564. The molecule has 0 aliphatic rings. The second-order valence-corrected chi connectivity index (χ2v) is 7.18. The van der Waals surface area contributed by atoms with E-state index in [0.717, 1.165) is 36.3 Å². The first-order chi connectivity index (χ1) is 14.5. The van der Waals surface area contributed by atoms with Crippen LogP contribution in [0.2, 0.25) is 0 Å². The van der Waals surface area contributed by atoms with Gasteiger partial charge in [0.15, 0.2) is 0 Å². The average molecular weight is 405 g/mol. The molecule has 1 heterocycles. The Morgan fingerprint density at radius 2 is 1.90 bits per heavy atom. The molecule has 0 aliphatic heterocycles. The van der Waals surface area contributed by atoms with Gasteiger partial charge in [-0.3, -0.25) is 9.89 Å². The van der Waals surface area contributed by atoms with Crippen molar-refractivity contribution in [2.45, 2.75) is 19.3 Å². The Morgan fingerprint density at radius 3 is 2.60 bits per heavy atom. The van der Waals surface area contributed by atoms with E-state index in [9.17, 15) is 9.18 Å². The van der Waals surface area contributed by atoms with Gasteiger partial charge in [0.1, 0.15) is 5.82 Å². The first-order valence-electron chi connectivity index (χ1n) is 9.82. The number of aromatic nitrogens is 2. The number of anilines is 1. The lowest BCUT2D eigenvalue weighted by atomic mass is 10.1. The molecule has 0 aliphatic carbocycles. The molecular weight excluding hydrogens is 381 g/mol. The van der Waals surface area contributed by atoms with Crippen LogP contribution >= 0.6 is 0 Å². The molecule has 3 rings (SSSR count). The topological polar surface area (TPSA) is 84.8 Å². The highest BCUT2D eigenvalue weighted by atomic mass is 19.1. The predicted molar refractivity (Wildman–Crippen MR) is 114 cm³/mol. The molecule has 0 bridgehead atoms. The van der Waals surface area contributed by atoms with Crippen LogP contribution in [0.25, 0.3) is 11.3 Å². The van der Waals surface area contributed by atoms with Crippen LogP contribution in [-0.4, -0.2) is 41.1 Å². The fraction of sp³-hybridized carbons (Fsp3) is 0.261. The van der Waals surface area contributed by atoms with E-state index in [0.29, 0.717) is 24.2 Å². The zero-order valence-corrected chi connectivity index (χ0v) is 16.9. The molecule has 0 unspecified atom stereocenters. The minimum absolute atomic E-state index is 0.0518. The minimum Gasteiger partial charge on any atom is -0.326 e. The van der Waals surface area contributed by atoms with Crippen LogP contribution in [-0.2, 0) is 11.2 Å². The number of aryl methyl sites for hydroxylation is 1. The number of rotatable bonds is 9. The number of amides is 1. The normalized spacial score (nSPS) is 10.7. The SMILES string of the molecule is CN(CCCc1cc(-c2ccc(F)cc2)n[nH]1)CCC(=O)Nc1ccc(C#N)cc1. The van der Waals surface area contributed by atoms with Gasteiger partial charge in [0.2, 0.25) is 5.91 Å². The molecule has 2 N–H and O–H groups in total. The Morgan fingerprint density at radius 1 is 1.17 bits per heavy atom. The smallest absolute Gasteiger partial charge is 0.225 e. The van der Waals surface area contributed by atoms with Gasteiger partial charge in [-0.25, -0.2) is 4.39 Å². The number of nitrogens with zero attached hydrogens (tertiary/aromatic N) is 3. The highest BCUT2D eigenvalue weighted by Crippen LogP contribution is 2.18. The van der Waals surface area contributed by atoms with Crippen LogP contribution < -0.4 is 5.32 Å². The van der Waals surface area contributed by atoms with Crippen molar-refractivity contribution in [3.05, 3.63) is 71.7 Å². The van der Waals surface area contributed by atoms with Crippen molar-refractivity contribution in [1.82, 2.24) is 15.1 Å². The van der Waals surface area contributed by atoms with Crippen molar-refractivity contribution in [3.63, 3.8) is 0 Å². The number of carbonyl (C=O) groups is 1. The number of hydrogen-bond donors (Lipinski definition) is 2. The number of hydrogen-bond acceptors (Lipinski definition) is 4. The second-order valence-electron chi connectivity index (χ2n) is 7.18. The zero-order valence-electron chi connectivity index (χ0n) is 16.9. The fourth-order valence-electron chi connectivity index (χ4n) is 3.05. The molecule has 30 heavy (non-hydrogen) atoms. The summed E-state index contributed by atoms with van der Waals surface area (Å²) in [6.45, 7) is 1.51. The lowest BCUT2D eigenvalue weighted by Gasteiger charge is -2.16. The molecule has 0 spiro atoms. The van der Waals surface area contributed by atoms with Gasteiger partial charge in [-0.1, -0.05) is 0 Å². The molecule has 0 radical (unpaired) electrons. The van der Waals surface area contributed by atoms with Gasteiger partial charge < -0.3 is 10.2 Å².